The van der Waals surface area contributed by atoms with Crippen LogP contribution in [-0.2, 0) is 10.5 Å². The van der Waals surface area contributed by atoms with Crippen molar-refractivity contribution >= 4 is 44.7 Å². The molecule has 23 heavy (non-hydrogen) atoms. The third-order valence-electron chi connectivity index (χ3n) is 3.45. The molecule has 0 radical (unpaired) electrons. The van der Waals surface area contributed by atoms with Crippen molar-refractivity contribution in [2.75, 3.05) is 6.61 Å². The number of carbonyl (C=O) groups is 1. The number of esters is 1. The van der Waals surface area contributed by atoms with Crippen molar-refractivity contribution in [2.45, 2.75) is 24.8 Å². The number of ether oxygens (including phenoxy) is 1. The standard InChI is InChI=1S/C16H16BrN3O2S/c1-3-22-15(21)14-9(2)13(17)12(18-14)8-23-16-19-10-6-4-5-7-11(10)20-16/h4-7,18H,3,8H2,1-2H3,(H,19,20). The van der Waals surface area contributed by atoms with Crippen molar-refractivity contribution in [3.8, 4) is 0 Å². The van der Waals surface area contributed by atoms with Gasteiger partial charge >= 0.3 is 5.97 Å². The maximum Gasteiger partial charge on any atom is 0.355 e. The van der Waals surface area contributed by atoms with Gasteiger partial charge in [0.15, 0.2) is 5.16 Å². The van der Waals surface area contributed by atoms with E-state index in [0.717, 1.165) is 31.9 Å². The molecule has 0 aliphatic carbocycles. The van der Waals surface area contributed by atoms with Crippen molar-refractivity contribution < 1.29 is 9.53 Å². The molecule has 120 valence electrons. The number of rotatable bonds is 5. The number of hydrogen-bond donors (Lipinski definition) is 2. The molecule has 0 bridgehead atoms. The van der Waals surface area contributed by atoms with E-state index in [1.807, 2.05) is 31.2 Å². The fourth-order valence-electron chi connectivity index (χ4n) is 2.28. The Kier molecular flexibility index (Phi) is 4.77. The summed E-state index contributed by atoms with van der Waals surface area (Å²) in [5.41, 5.74) is 4.27. The van der Waals surface area contributed by atoms with E-state index >= 15 is 0 Å². The number of imidazole rings is 1. The van der Waals surface area contributed by atoms with Gasteiger partial charge in [-0.1, -0.05) is 23.9 Å². The number of fused-ring (bicyclic) bond motifs is 1. The van der Waals surface area contributed by atoms with Crippen LogP contribution in [0.2, 0.25) is 0 Å². The summed E-state index contributed by atoms with van der Waals surface area (Å²) in [5, 5.41) is 0.850. The molecule has 0 unspecified atom stereocenters. The number of nitrogens with one attached hydrogen (secondary N) is 2. The van der Waals surface area contributed by atoms with Crippen LogP contribution in [0.25, 0.3) is 11.0 Å². The highest BCUT2D eigenvalue weighted by molar-refractivity contribution is 9.10. The van der Waals surface area contributed by atoms with Crippen molar-refractivity contribution in [1.29, 1.82) is 0 Å². The highest BCUT2D eigenvalue weighted by atomic mass is 79.9. The van der Waals surface area contributed by atoms with Crippen LogP contribution in [-0.4, -0.2) is 27.5 Å². The Labute approximate surface area is 146 Å². The van der Waals surface area contributed by atoms with Gasteiger partial charge in [-0.25, -0.2) is 9.78 Å². The Morgan fingerprint density at radius 3 is 2.87 bits per heavy atom. The molecule has 2 heterocycles. The number of thioether (sulfide) groups is 1. The van der Waals surface area contributed by atoms with Crippen molar-refractivity contribution in [2.24, 2.45) is 0 Å². The lowest BCUT2D eigenvalue weighted by atomic mass is 10.2. The number of nitrogens with zero attached hydrogens (tertiary/aromatic N) is 1. The minimum absolute atomic E-state index is 0.328. The zero-order chi connectivity index (χ0) is 16.4. The molecule has 2 aromatic heterocycles. The molecule has 0 fully saturated rings. The van der Waals surface area contributed by atoms with Gasteiger partial charge < -0.3 is 14.7 Å². The Morgan fingerprint density at radius 2 is 2.13 bits per heavy atom. The van der Waals surface area contributed by atoms with Gasteiger partial charge in [0.05, 0.1) is 17.6 Å². The monoisotopic (exact) mass is 393 g/mol. The van der Waals surface area contributed by atoms with Crippen LogP contribution >= 0.6 is 27.7 Å². The number of hydrogen-bond acceptors (Lipinski definition) is 4. The molecule has 3 aromatic rings. The number of H-pyrrole nitrogens is 2. The van der Waals surface area contributed by atoms with Crippen LogP contribution in [0.15, 0.2) is 33.9 Å². The zero-order valence-corrected chi connectivity index (χ0v) is 15.2. The lowest BCUT2D eigenvalue weighted by Gasteiger charge is -1.99. The van der Waals surface area contributed by atoms with E-state index in [1.54, 1.807) is 18.7 Å². The molecule has 1 aromatic carbocycles. The average Bonchev–Trinajstić information content (AvgIpc) is 3.08. The quantitative estimate of drug-likeness (QED) is 0.496. The molecule has 2 N–H and O–H groups in total. The molecule has 0 aliphatic heterocycles. The van der Waals surface area contributed by atoms with Gasteiger partial charge in [-0.05, 0) is 47.5 Å². The molecular formula is C16H16BrN3O2S. The number of carbonyl (C=O) groups excluding carboxylic acids is 1. The fourth-order valence-corrected chi connectivity index (χ4v) is 3.75. The highest BCUT2D eigenvalue weighted by Crippen LogP contribution is 2.30. The van der Waals surface area contributed by atoms with Gasteiger partial charge in [-0.15, -0.1) is 0 Å². The number of aromatic amines is 2. The zero-order valence-electron chi connectivity index (χ0n) is 12.8. The summed E-state index contributed by atoms with van der Waals surface area (Å²) < 4.78 is 5.97. The minimum atomic E-state index is -0.328. The van der Waals surface area contributed by atoms with Crippen LogP contribution in [0.1, 0.15) is 28.7 Å². The van der Waals surface area contributed by atoms with Crippen molar-refractivity contribution in [3.63, 3.8) is 0 Å². The number of benzene rings is 1. The van der Waals surface area contributed by atoms with Gasteiger partial charge in [0.25, 0.3) is 0 Å². The largest absolute Gasteiger partial charge is 0.461 e. The normalized spacial score (nSPS) is 11.1. The Bertz CT molecular complexity index is 823. The first-order valence-electron chi connectivity index (χ1n) is 7.21. The maximum atomic E-state index is 11.9. The maximum absolute atomic E-state index is 11.9. The summed E-state index contributed by atoms with van der Waals surface area (Å²) in [7, 11) is 0. The van der Waals surface area contributed by atoms with Gasteiger partial charge in [0.1, 0.15) is 5.69 Å². The molecule has 0 aliphatic rings. The molecule has 0 saturated heterocycles. The average molecular weight is 394 g/mol. The minimum Gasteiger partial charge on any atom is -0.461 e. The van der Waals surface area contributed by atoms with Crippen LogP contribution < -0.4 is 0 Å². The Morgan fingerprint density at radius 1 is 1.35 bits per heavy atom. The Hall–Kier alpha value is -1.73. The summed E-state index contributed by atoms with van der Waals surface area (Å²) in [5.74, 6) is 0.339. The lowest BCUT2D eigenvalue weighted by molar-refractivity contribution is 0.0519. The second kappa shape index (κ2) is 6.80. The van der Waals surface area contributed by atoms with E-state index in [1.165, 1.54) is 0 Å². The SMILES string of the molecule is CCOC(=O)c1[nH]c(CSc2nc3ccccc3[nH]2)c(Br)c1C. The second-order valence-electron chi connectivity index (χ2n) is 4.99. The molecular weight excluding hydrogens is 378 g/mol. The van der Waals surface area contributed by atoms with E-state index in [-0.39, 0.29) is 5.97 Å². The second-order valence-corrected chi connectivity index (χ2v) is 6.74. The van der Waals surface area contributed by atoms with Crippen LogP contribution in [0.3, 0.4) is 0 Å². The van der Waals surface area contributed by atoms with E-state index in [9.17, 15) is 4.79 Å². The first kappa shape index (κ1) is 16.1. The van der Waals surface area contributed by atoms with Gasteiger partial charge in [0, 0.05) is 15.9 Å². The number of para-hydroxylation sites is 2. The van der Waals surface area contributed by atoms with Crippen molar-refractivity contribution in [1.82, 2.24) is 15.0 Å². The first-order valence-corrected chi connectivity index (χ1v) is 8.99. The number of aromatic nitrogens is 3. The van der Waals surface area contributed by atoms with Crippen LogP contribution in [0, 0.1) is 6.92 Å². The Balaban J connectivity index is 1.77. The van der Waals surface area contributed by atoms with E-state index in [0.29, 0.717) is 18.1 Å². The molecule has 0 amide bonds. The fraction of sp³-hybridized carbons (Fsp3) is 0.250. The van der Waals surface area contributed by atoms with Crippen LogP contribution in [0.5, 0.6) is 0 Å². The summed E-state index contributed by atoms with van der Waals surface area (Å²) >= 11 is 5.13. The predicted molar refractivity (Wildman–Crippen MR) is 94.8 cm³/mol. The summed E-state index contributed by atoms with van der Waals surface area (Å²) in [6.45, 7) is 4.05. The summed E-state index contributed by atoms with van der Waals surface area (Å²) in [4.78, 5) is 22.9. The van der Waals surface area contributed by atoms with E-state index in [4.69, 9.17) is 4.74 Å². The smallest absolute Gasteiger partial charge is 0.355 e. The van der Waals surface area contributed by atoms with E-state index in [2.05, 4.69) is 30.9 Å². The predicted octanol–water partition coefficient (Wildman–Crippen LogP) is 4.43. The number of halogens is 1. The third-order valence-corrected chi connectivity index (χ3v) is 5.42. The molecule has 0 spiro atoms. The molecule has 5 nitrogen and oxygen atoms in total. The summed E-state index contributed by atoms with van der Waals surface area (Å²) in [6.07, 6.45) is 0. The summed E-state index contributed by atoms with van der Waals surface area (Å²) in [6, 6.07) is 7.92. The molecule has 0 saturated carbocycles. The van der Waals surface area contributed by atoms with Gasteiger partial charge in [0.2, 0.25) is 0 Å². The topological polar surface area (TPSA) is 70.8 Å². The molecule has 3 rings (SSSR count). The highest BCUT2D eigenvalue weighted by Gasteiger charge is 2.19. The van der Waals surface area contributed by atoms with E-state index < -0.39 is 0 Å². The molecule has 7 heteroatoms. The molecule has 0 atom stereocenters. The van der Waals surface area contributed by atoms with Gasteiger partial charge in [-0.2, -0.15) is 0 Å². The first-order chi connectivity index (χ1) is 11.1. The third kappa shape index (κ3) is 3.30. The van der Waals surface area contributed by atoms with Crippen LogP contribution in [0.4, 0.5) is 0 Å². The lowest BCUT2D eigenvalue weighted by Crippen LogP contribution is -2.06. The van der Waals surface area contributed by atoms with Gasteiger partial charge in [-0.3, -0.25) is 0 Å². The van der Waals surface area contributed by atoms with Crippen molar-refractivity contribution in [3.05, 3.63) is 45.7 Å².